The first-order chi connectivity index (χ1) is 10.6. The van der Waals surface area contributed by atoms with Gasteiger partial charge in [-0.15, -0.1) is 0 Å². The van der Waals surface area contributed by atoms with Crippen molar-refractivity contribution >= 4 is 28.5 Å². The standard InChI is InChI=1S/C15H19ClN4O2/c1-19-13-3-2-11(10-12(13)18-15(19)16)14(21)17-4-5-20-6-8-22-9-7-20/h2-3,10H,4-9H2,1H3,(H,17,21). The number of amides is 1. The minimum absolute atomic E-state index is 0.0862. The molecule has 1 aromatic carbocycles. The Morgan fingerprint density at radius 3 is 2.95 bits per heavy atom. The highest BCUT2D eigenvalue weighted by atomic mass is 35.5. The van der Waals surface area contributed by atoms with Crippen LogP contribution in [0.2, 0.25) is 5.28 Å². The molecule has 0 aliphatic carbocycles. The van der Waals surface area contributed by atoms with Crippen molar-refractivity contribution in [1.82, 2.24) is 19.8 Å². The lowest BCUT2D eigenvalue weighted by molar-refractivity contribution is 0.0383. The summed E-state index contributed by atoms with van der Waals surface area (Å²) in [7, 11) is 1.85. The average Bonchev–Trinajstić information content (AvgIpc) is 2.82. The molecule has 1 amide bonds. The summed E-state index contributed by atoms with van der Waals surface area (Å²) in [6.07, 6.45) is 0. The van der Waals surface area contributed by atoms with Crippen LogP contribution in [-0.2, 0) is 11.8 Å². The van der Waals surface area contributed by atoms with Crippen molar-refractivity contribution in [1.29, 1.82) is 0 Å². The second kappa shape index (κ2) is 6.64. The molecule has 1 aliphatic heterocycles. The number of hydrogen-bond acceptors (Lipinski definition) is 4. The maximum atomic E-state index is 12.2. The maximum Gasteiger partial charge on any atom is 0.251 e. The fourth-order valence-corrected chi connectivity index (χ4v) is 2.75. The zero-order chi connectivity index (χ0) is 15.5. The highest BCUT2D eigenvalue weighted by Crippen LogP contribution is 2.19. The highest BCUT2D eigenvalue weighted by Gasteiger charge is 2.12. The van der Waals surface area contributed by atoms with Gasteiger partial charge in [0, 0.05) is 38.8 Å². The zero-order valence-corrected chi connectivity index (χ0v) is 13.3. The third-order valence-corrected chi connectivity index (χ3v) is 4.24. The van der Waals surface area contributed by atoms with E-state index in [1.807, 2.05) is 13.1 Å². The molecule has 1 aliphatic rings. The van der Waals surface area contributed by atoms with Gasteiger partial charge in [-0.1, -0.05) is 0 Å². The Labute approximate surface area is 134 Å². The van der Waals surface area contributed by atoms with Crippen molar-refractivity contribution in [3.63, 3.8) is 0 Å². The number of fused-ring (bicyclic) bond motifs is 1. The maximum absolute atomic E-state index is 12.2. The Kier molecular flexibility index (Phi) is 4.61. The molecule has 2 aromatic rings. The number of benzene rings is 1. The number of carbonyl (C=O) groups excluding carboxylic acids is 1. The van der Waals surface area contributed by atoms with E-state index in [1.54, 1.807) is 16.7 Å². The van der Waals surface area contributed by atoms with Crippen LogP contribution in [0.4, 0.5) is 0 Å². The van der Waals surface area contributed by atoms with Gasteiger partial charge in [-0.2, -0.15) is 0 Å². The molecule has 0 saturated carbocycles. The minimum Gasteiger partial charge on any atom is -0.379 e. The van der Waals surface area contributed by atoms with Crippen molar-refractivity contribution in [2.75, 3.05) is 39.4 Å². The Morgan fingerprint density at radius 1 is 1.41 bits per heavy atom. The lowest BCUT2D eigenvalue weighted by Crippen LogP contribution is -2.41. The normalized spacial score (nSPS) is 16.1. The van der Waals surface area contributed by atoms with Crippen LogP contribution < -0.4 is 5.32 Å². The van der Waals surface area contributed by atoms with Crippen LogP contribution in [0.15, 0.2) is 18.2 Å². The molecule has 6 nitrogen and oxygen atoms in total. The van der Waals surface area contributed by atoms with E-state index in [0.717, 1.165) is 43.9 Å². The fraction of sp³-hybridized carbons (Fsp3) is 0.467. The van der Waals surface area contributed by atoms with E-state index in [2.05, 4.69) is 15.2 Å². The van der Waals surface area contributed by atoms with Crippen molar-refractivity contribution in [3.8, 4) is 0 Å². The highest BCUT2D eigenvalue weighted by molar-refractivity contribution is 6.29. The lowest BCUT2D eigenvalue weighted by Gasteiger charge is -2.26. The number of aryl methyl sites for hydroxylation is 1. The molecule has 1 saturated heterocycles. The molecule has 22 heavy (non-hydrogen) atoms. The predicted octanol–water partition coefficient (Wildman–Crippen LogP) is 1.29. The Hall–Kier alpha value is -1.63. The number of nitrogens with one attached hydrogen (secondary N) is 1. The van der Waals surface area contributed by atoms with Crippen LogP contribution in [0.5, 0.6) is 0 Å². The van der Waals surface area contributed by atoms with Gasteiger partial charge in [0.25, 0.3) is 5.91 Å². The number of halogens is 1. The number of nitrogens with zero attached hydrogens (tertiary/aromatic N) is 3. The summed E-state index contributed by atoms with van der Waals surface area (Å²) in [4.78, 5) is 18.7. The summed E-state index contributed by atoms with van der Waals surface area (Å²) in [5.41, 5.74) is 2.24. The Bertz CT molecular complexity index is 679. The molecule has 0 atom stereocenters. The number of carbonyl (C=O) groups is 1. The first kappa shape index (κ1) is 15.3. The molecule has 0 spiro atoms. The van der Waals surface area contributed by atoms with E-state index in [4.69, 9.17) is 16.3 Å². The van der Waals surface area contributed by atoms with E-state index >= 15 is 0 Å². The first-order valence-electron chi connectivity index (χ1n) is 7.35. The Morgan fingerprint density at radius 2 is 2.18 bits per heavy atom. The summed E-state index contributed by atoms with van der Waals surface area (Å²) in [5, 5.41) is 3.36. The topological polar surface area (TPSA) is 59.4 Å². The average molecular weight is 323 g/mol. The molecule has 7 heteroatoms. The van der Waals surface area contributed by atoms with Crippen LogP contribution in [0.3, 0.4) is 0 Å². The van der Waals surface area contributed by atoms with Gasteiger partial charge in [0.1, 0.15) is 0 Å². The van der Waals surface area contributed by atoms with Gasteiger partial charge in [0.2, 0.25) is 5.28 Å². The number of hydrogen-bond donors (Lipinski definition) is 1. The van der Waals surface area contributed by atoms with Gasteiger partial charge in [-0.05, 0) is 29.8 Å². The fourth-order valence-electron chi connectivity index (χ4n) is 2.57. The molecular formula is C15H19ClN4O2. The number of ether oxygens (including phenoxy) is 1. The Balaban J connectivity index is 1.59. The van der Waals surface area contributed by atoms with Crippen molar-refractivity contribution in [2.24, 2.45) is 7.05 Å². The van der Waals surface area contributed by atoms with E-state index < -0.39 is 0 Å². The number of imidazole rings is 1. The lowest BCUT2D eigenvalue weighted by atomic mass is 10.2. The SMILES string of the molecule is Cn1c(Cl)nc2cc(C(=O)NCCN3CCOCC3)ccc21. The van der Waals surface area contributed by atoms with Crippen molar-refractivity contribution < 1.29 is 9.53 Å². The molecule has 2 heterocycles. The molecule has 0 radical (unpaired) electrons. The van der Waals surface area contributed by atoms with Gasteiger partial charge in [-0.3, -0.25) is 9.69 Å². The van der Waals surface area contributed by atoms with Crippen LogP contribution in [0.25, 0.3) is 11.0 Å². The zero-order valence-electron chi connectivity index (χ0n) is 12.5. The molecule has 0 bridgehead atoms. The molecule has 1 aromatic heterocycles. The number of rotatable bonds is 4. The second-order valence-corrected chi connectivity index (χ2v) is 5.69. The predicted molar refractivity (Wildman–Crippen MR) is 85.3 cm³/mol. The summed E-state index contributed by atoms with van der Waals surface area (Å²) in [6, 6.07) is 5.43. The van der Waals surface area contributed by atoms with Gasteiger partial charge in [0.05, 0.1) is 24.2 Å². The van der Waals surface area contributed by atoms with Gasteiger partial charge >= 0.3 is 0 Å². The molecule has 3 rings (SSSR count). The molecule has 0 unspecified atom stereocenters. The molecular weight excluding hydrogens is 304 g/mol. The van der Waals surface area contributed by atoms with Gasteiger partial charge in [0.15, 0.2) is 0 Å². The molecule has 1 N–H and O–H groups in total. The van der Waals surface area contributed by atoms with Crippen LogP contribution in [-0.4, -0.2) is 59.8 Å². The van der Waals surface area contributed by atoms with Crippen molar-refractivity contribution in [3.05, 3.63) is 29.0 Å². The van der Waals surface area contributed by atoms with E-state index in [9.17, 15) is 4.79 Å². The molecule has 1 fully saturated rings. The second-order valence-electron chi connectivity index (χ2n) is 5.35. The largest absolute Gasteiger partial charge is 0.379 e. The number of aromatic nitrogens is 2. The third-order valence-electron chi connectivity index (χ3n) is 3.91. The summed E-state index contributed by atoms with van der Waals surface area (Å²) in [6.45, 7) is 4.85. The molecule has 118 valence electrons. The smallest absolute Gasteiger partial charge is 0.251 e. The minimum atomic E-state index is -0.0862. The van der Waals surface area contributed by atoms with E-state index in [1.165, 1.54) is 0 Å². The van der Waals surface area contributed by atoms with Crippen LogP contribution in [0.1, 0.15) is 10.4 Å². The van der Waals surface area contributed by atoms with Gasteiger partial charge in [-0.25, -0.2) is 4.98 Å². The first-order valence-corrected chi connectivity index (χ1v) is 7.73. The third kappa shape index (κ3) is 3.24. The number of morpholine rings is 1. The van der Waals surface area contributed by atoms with Crippen LogP contribution in [0, 0.1) is 0 Å². The van der Waals surface area contributed by atoms with Crippen LogP contribution >= 0.6 is 11.6 Å². The summed E-state index contributed by atoms with van der Waals surface area (Å²) < 4.78 is 7.09. The summed E-state index contributed by atoms with van der Waals surface area (Å²) in [5.74, 6) is -0.0862. The summed E-state index contributed by atoms with van der Waals surface area (Å²) >= 11 is 5.99. The van der Waals surface area contributed by atoms with E-state index in [0.29, 0.717) is 17.4 Å². The van der Waals surface area contributed by atoms with E-state index in [-0.39, 0.29) is 5.91 Å². The monoisotopic (exact) mass is 322 g/mol. The van der Waals surface area contributed by atoms with Crippen molar-refractivity contribution in [2.45, 2.75) is 0 Å². The van der Waals surface area contributed by atoms with Gasteiger partial charge < -0.3 is 14.6 Å². The quantitative estimate of drug-likeness (QED) is 0.921.